The number of carbonyl (C=O) groups is 1. The molecule has 1 aromatic heterocycles. The highest BCUT2D eigenvalue weighted by Gasteiger charge is 2.06. The second-order valence-corrected chi connectivity index (χ2v) is 5.49. The maximum absolute atomic E-state index is 12.1. The molecule has 0 radical (unpaired) electrons. The molecule has 0 spiro atoms. The Hall–Kier alpha value is -2.40. The van der Waals surface area contributed by atoms with Crippen molar-refractivity contribution < 1.29 is 9.53 Å². The van der Waals surface area contributed by atoms with E-state index in [2.05, 4.69) is 10.3 Å². The minimum atomic E-state index is -0.0465. The molecule has 0 atom stereocenters. The molecule has 2 aromatic carbocycles. The molecular formula is C16H14N2O2S. The number of anilines is 1. The van der Waals surface area contributed by atoms with E-state index < -0.39 is 0 Å². The summed E-state index contributed by atoms with van der Waals surface area (Å²) in [6.45, 7) is 0. The van der Waals surface area contributed by atoms with Crippen LogP contribution in [0.4, 0.5) is 5.69 Å². The van der Waals surface area contributed by atoms with Crippen molar-refractivity contribution in [1.29, 1.82) is 0 Å². The van der Waals surface area contributed by atoms with E-state index in [0.717, 1.165) is 27.2 Å². The first-order chi connectivity index (χ1) is 10.2. The molecule has 3 aromatic rings. The second-order valence-electron chi connectivity index (χ2n) is 4.61. The summed E-state index contributed by atoms with van der Waals surface area (Å²) < 4.78 is 6.21. The molecule has 0 aliphatic heterocycles. The number of hydrogen-bond acceptors (Lipinski definition) is 4. The lowest BCUT2D eigenvalue weighted by Crippen LogP contribution is -2.14. The van der Waals surface area contributed by atoms with Gasteiger partial charge in [0, 0.05) is 5.69 Å². The third kappa shape index (κ3) is 3.20. The monoisotopic (exact) mass is 298 g/mol. The highest BCUT2D eigenvalue weighted by atomic mass is 32.1. The fourth-order valence-corrected chi connectivity index (χ4v) is 2.73. The number of ether oxygens (including phenoxy) is 1. The number of hydrogen-bond donors (Lipinski definition) is 1. The molecule has 106 valence electrons. The number of methoxy groups -OCH3 is 1. The summed E-state index contributed by atoms with van der Waals surface area (Å²) in [4.78, 5) is 16.3. The van der Waals surface area contributed by atoms with Crippen molar-refractivity contribution in [2.75, 3.05) is 12.4 Å². The van der Waals surface area contributed by atoms with Gasteiger partial charge in [0.25, 0.3) is 0 Å². The van der Waals surface area contributed by atoms with Crippen molar-refractivity contribution in [3.63, 3.8) is 0 Å². The molecule has 0 aliphatic carbocycles. The van der Waals surface area contributed by atoms with Crippen LogP contribution in [-0.4, -0.2) is 18.0 Å². The number of aromatic nitrogens is 1. The first-order valence-corrected chi connectivity index (χ1v) is 7.38. The molecule has 0 bridgehead atoms. The molecule has 0 saturated carbocycles. The Kier molecular flexibility index (Phi) is 3.83. The van der Waals surface area contributed by atoms with Gasteiger partial charge in [-0.15, -0.1) is 11.3 Å². The van der Waals surface area contributed by atoms with Crippen molar-refractivity contribution in [3.8, 4) is 5.75 Å². The first-order valence-electron chi connectivity index (χ1n) is 6.50. The van der Waals surface area contributed by atoms with Crippen LogP contribution in [0.1, 0.15) is 5.56 Å². The zero-order valence-electron chi connectivity index (χ0n) is 11.5. The summed E-state index contributed by atoms with van der Waals surface area (Å²) >= 11 is 1.59. The van der Waals surface area contributed by atoms with Crippen molar-refractivity contribution >= 4 is 33.1 Å². The van der Waals surface area contributed by atoms with Gasteiger partial charge in [0.1, 0.15) is 5.75 Å². The van der Waals surface area contributed by atoms with E-state index in [1.165, 1.54) is 0 Å². The maximum atomic E-state index is 12.1. The van der Waals surface area contributed by atoms with Crippen molar-refractivity contribution in [2.24, 2.45) is 0 Å². The summed E-state index contributed by atoms with van der Waals surface area (Å²) in [6, 6.07) is 13.2. The zero-order valence-corrected chi connectivity index (χ0v) is 12.3. The van der Waals surface area contributed by atoms with Gasteiger partial charge in [0.2, 0.25) is 5.91 Å². The summed E-state index contributed by atoms with van der Waals surface area (Å²) in [7, 11) is 1.62. The Labute approximate surface area is 126 Å². The third-order valence-electron chi connectivity index (χ3n) is 3.14. The molecule has 1 amide bonds. The number of carbonyl (C=O) groups excluding carboxylic acids is 1. The van der Waals surface area contributed by atoms with E-state index in [1.54, 1.807) is 24.0 Å². The fourth-order valence-electron chi connectivity index (χ4n) is 2.07. The molecule has 5 heteroatoms. The summed E-state index contributed by atoms with van der Waals surface area (Å²) in [6.07, 6.45) is 0.332. The summed E-state index contributed by atoms with van der Waals surface area (Å²) in [5, 5.41) is 2.90. The van der Waals surface area contributed by atoms with Crippen LogP contribution in [0.25, 0.3) is 10.2 Å². The van der Waals surface area contributed by atoms with Gasteiger partial charge in [-0.1, -0.05) is 12.1 Å². The quantitative estimate of drug-likeness (QED) is 0.802. The van der Waals surface area contributed by atoms with Gasteiger partial charge in [0.15, 0.2) is 0 Å². The smallest absolute Gasteiger partial charge is 0.228 e. The molecule has 0 unspecified atom stereocenters. The highest BCUT2D eigenvalue weighted by Crippen LogP contribution is 2.21. The van der Waals surface area contributed by atoms with Crippen molar-refractivity contribution in [1.82, 2.24) is 4.98 Å². The van der Waals surface area contributed by atoms with Crippen molar-refractivity contribution in [3.05, 3.63) is 53.5 Å². The van der Waals surface area contributed by atoms with Gasteiger partial charge in [-0.3, -0.25) is 4.79 Å². The lowest BCUT2D eigenvalue weighted by atomic mass is 10.1. The van der Waals surface area contributed by atoms with Gasteiger partial charge < -0.3 is 10.1 Å². The van der Waals surface area contributed by atoms with E-state index in [-0.39, 0.29) is 5.91 Å². The first kappa shape index (κ1) is 13.6. The van der Waals surface area contributed by atoms with Gasteiger partial charge in [-0.05, 0) is 35.9 Å². The van der Waals surface area contributed by atoms with Gasteiger partial charge in [0.05, 0.1) is 29.3 Å². The molecule has 0 fully saturated rings. The SMILES string of the molecule is COc1ccc(CC(=O)Nc2ccc3scnc3c2)cc1. The van der Waals surface area contributed by atoms with E-state index in [9.17, 15) is 4.79 Å². The minimum absolute atomic E-state index is 0.0465. The topological polar surface area (TPSA) is 51.2 Å². The van der Waals surface area contributed by atoms with Crippen LogP contribution in [0.15, 0.2) is 48.0 Å². The van der Waals surface area contributed by atoms with Gasteiger partial charge in [-0.2, -0.15) is 0 Å². The molecule has 1 N–H and O–H groups in total. The lowest BCUT2D eigenvalue weighted by Gasteiger charge is -2.06. The molecule has 0 aliphatic rings. The van der Waals surface area contributed by atoms with Gasteiger partial charge >= 0.3 is 0 Å². The maximum Gasteiger partial charge on any atom is 0.228 e. The van der Waals surface area contributed by atoms with Crippen LogP contribution in [0.5, 0.6) is 5.75 Å². The Morgan fingerprint density at radius 3 is 2.81 bits per heavy atom. The number of nitrogens with one attached hydrogen (secondary N) is 1. The summed E-state index contributed by atoms with van der Waals surface area (Å²) in [5.74, 6) is 0.739. The van der Waals surface area contributed by atoms with E-state index in [0.29, 0.717) is 6.42 Å². The number of thiazole rings is 1. The largest absolute Gasteiger partial charge is 0.497 e. The average molecular weight is 298 g/mol. The number of benzene rings is 2. The number of rotatable bonds is 4. The second kappa shape index (κ2) is 5.93. The fraction of sp³-hybridized carbons (Fsp3) is 0.125. The normalized spacial score (nSPS) is 10.5. The molecule has 3 rings (SSSR count). The highest BCUT2D eigenvalue weighted by molar-refractivity contribution is 7.16. The van der Waals surface area contributed by atoms with Gasteiger partial charge in [-0.25, -0.2) is 4.98 Å². The Morgan fingerprint density at radius 1 is 1.24 bits per heavy atom. The lowest BCUT2D eigenvalue weighted by molar-refractivity contribution is -0.115. The Balaban J connectivity index is 1.67. The standard InChI is InChI=1S/C16H14N2O2S/c1-20-13-5-2-11(3-6-13)8-16(19)18-12-4-7-15-14(9-12)17-10-21-15/h2-7,9-10H,8H2,1H3,(H,18,19). The zero-order chi connectivity index (χ0) is 14.7. The Bertz CT molecular complexity index is 765. The van der Waals surface area contributed by atoms with Crippen LogP contribution < -0.4 is 10.1 Å². The molecule has 4 nitrogen and oxygen atoms in total. The molecule has 0 saturated heterocycles. The van der Waals surface area contributed by atoms with Crippen molar-refractivity contribution in [2.45, 2.75) is 6.42 Å². The van der Waals surface area contributed by atoms with Crippen LogP contribution >= 0.6 is 11.3 Å². The predicted octanol–water partition coefficient (Wildman–Crippen LogP) is 3.49. The van der Waals surface area contributed by atoms with Crippen LogP contribution in [0.2, 0.25) is 0 Å². The molecule has 1 heterocycles. The Morgan fingerprint density at radius 2 is 2.05 bits per heavy atom. The van der Waals surface area contributed by atoms with E-state index in [1.807, 2.05) is 42.5 Å². The summed E-state index contributed by atoms with van der Waals surface area (Å²) in [5.41, 5.74) is 4.42. The van der Waals surface area contributed by atoms with E-state index >= 15 is 0 Å². The van der Waals surface area contributed by atoms with Crippen LogP contribution in [0, 0.1) is 0 Å². The third-order valence-corrected chi connectivity index (χ3v) is 3.95. The molecular weight excluding hydrogens is 284 g/mol. The number of nitrogens with zero attached hydrogens (tertiary/aromatic N) is 1. The average Bonchev–Trinajstić information content (AvgIpc) is 2.95. The number of amides is 1. The van der Waals surface area contributed by atoms with Crippen LogP contribution in [0.3, 0.4) is 0 Å². The number of fused-ring (bicyclic) bond motifs is 1. The molecule has 21 heavy (non-hydrogen) atoms. The van der Waals surface area contributed by atoms with E-state index in [4.69, 9.17) is 4.74 Å². The predicted molar refractivity (Wildman–Crippen MR) is 84.9 cm³/mol. The van der Waals surface area contributed by atoms with Crippen LogP contribution in [-0.2, 0) is 11.2 Å². The minimum Gasteiger partial charge on any atom is -0.497 e.